The number of hydrogen-bond acceptors (Lipinski definition) is 2. The van der Waals surface area contributed by atoms with Crippen LogP contribution < -0.4 is 30.5 Å². The van der Waals surface area contributed by atoms with E-state index in [0.717, 1.165) is 22.7 Å². The van der Waals surface area contributed by atoms with E-state index < -0.39 is 13.5 Å². The first-order valence-electron chi connectivity index (χ1n) is 25.7. The van der Waals surface area contributed by atoms with Crippen LogP contribution in [0.4, 0.5) is 34.1 Å². The molecule has 348 valence electrons. The summed E-state index contributed by atoms with van der Waals surface area (Å²) in [7, 11) is -3.05. The lowest BCUT2D eigenvalue weighted by Gasteiger charge is -2.45. The van der Waals surface area contributed by atoms with Gasteiger partial charge in [-0.15, -0.1) is 0 Å². The lowest BCUT2D eigenvalue weighted by molar-refractivity contribution is 0.768. The molecule has 0 radical (unpaired) electrons. The van der Waals surface area contributed by atoms with Gasteiger partial charge in [0.2, 0.25) is 0 Å². The molecule has 0 unspecified atom stereocenters. The van der Waals surface area contributed by atoms with Crippen LogP contribution in [0, 0.1) is 0 Å². The lowest BCUT2D eigenvalue weighted by atomic mass is 9.67. The second kappa shape index (κ2) is 17.8. The van der Waals surface area contributed by atoms with Crippen molar-refractivity contribution in [1.29, 1.82) is 0 Å². The third-order valence-electron chi connectivity index (χ3n) is 15.8. The smallest absolute Gasteiger partial charge is 0.184 e. The molecule has 0 atom stereocenters. The number of fused-ring (bicyclic) bond motifs is 6. The van der Waals surface area contributed by atoms with Gasteiger partial charge in [-0.3, -0.25) is 0 Å². The Labute approximate surface area is 434 Å². The molecule has 1 heterocycles. The number of benzene rings is 12. The van der Waals surface area contributed by atoms with Gasteiger partial charge in [-0.05, 0) is 137 Å². The fourth-order valence-electron chi connectivity index (χ4n) is 12.7. The van der Waals surface area contributed by atoms with Crippen molar-refractivity contribution in [2.75, 3.05) is 9.80 Å². The van der Waals surface area contributed by atoms with Crippen LogP contribution >= 0.6 is 0 Å². The molecule has 0 saturated carbocycles. The van der Waals surface area contributed by atoms with E-state index in [1.54, 1.807) is 0 Å². The third-order valence-corrected chi connectivity index (χ3v) is 20.6. The summed E-state index contributed by atoms with van der Waals surface area (Å²) in [4.78, 5) is 5.01. The van der Waals surface area contributed by atoms with Gasteiger partial charge in [0.05, 0.1) is 5.41 Å². The van der Waals surface area contributed by atoms with Crippen LogP contribution in [0.2, 0.25) is 0 Å². The Morgan fingerprint density at radius 1 is 0.324 bits per heavy atom. The topological polar surface area (TPSA) is 6.48 Å². The zero-order chi connectivity index (χ0) is 49.1. The molecule has 0 spiro atoms. The van der Waals surface area contributed by atoms with Gasteiger partial charge in [-0.25, -0.2) is 0 Å². The summed E-state index contributed by atoms with van der Waals surface area (Å²) < 4.78 is 0. The molecule has 0 bridgehead atoms. The van der Waals surface area contributed by atoms with E-state index in [1.165, 1.54) is 87.4 Å². The van der Waals surface area contributed by atoms with Gasteiger partial charge in [0.25, 0.3) is 0 Å². The number of hydrogen-bond donors (Lipinski definition) is 0. The Bertz CT molecular complexity index is 3920. The summed E-state index contributed by atoms with van der Waals surface area (Å²) in [6.07, 6.45) is 0. The Morgan fingerprint density at radius 2 is 0.824 bits per heavy atom. The summed E-state index contributed by atoms with van der Waals surface area (Å²) in [5, 5.41) is 7.88. The fourth-order valence-corrected chi connectivity index (χ4v) is 17.8. The highest BCUT2D eigenvalue weighted by Gasteiger charge is 2.50. The zero-order valence-electron chi connectivity index (χ0n) is 40.8. The van der Waals surface area contributed by atoms with Gasteiger partial charge in [-0.2, -0.15) is 0 Å². The molecule has 74 heavy (non-hydrogen) atoms. The predicted octanol–water partition coefficient (Wildman–Crippen LogP) is 15.5. The summed E-state index contributed by atoms with van der Waals surface area (Å²) in [6, 6.07) is 113. The van der Waals surface area contributed by atoms with E-state index >= 15 is 0 Å². The summed E-state index contributed by atoms with van der Waals surface area (Å²) >= 11 is 0. The van der Waals surface area contributed by atoms with Crippen LogP contribution in [-0.2, 0) is 5.41 Å². The minimum Gasteiger partial charge on any atom is -0.311 e. The molecule has 12 aromatic rings. The van der Waals surface area contributed by atoms with Crippen molar-refractivity contribution < 1.29 is 0 Å². The van der Waals surface area contributed by atoms with E-state index in [-0.39, 0.29) is 0 Å². The SMILES string of the molecule is c1ccc(N2c3ccccc3[Si](c3ccccc3)(c3ccccc3)c3cc(N(c4ccc(-c5cccc6ccccc56)cc4)c4ccc5c(c4)C(c4ccccc4)(c4ccccc4)c4ccccc4-5)ccc32)cc1. The molecule has 0 fully saturated rings. The predicted molar refractivity (Wildman–Crippen MR) is 313 cm³/mol. The van der Waals surface area contributed by atoms with Crippen molar-refractivity contribution in [2.24, 2.45) is 0 Å². The van der Waals surface area contributed by atoms with E-state index in [1.807, 2.05) is 0 Å². The average molecular weight is 959 g/mol. The van der Waals surface area contributed by atoms with Crippen LogP contribution in [0.3, 0.4) is 0 Å². The van der Waals surface area contributed by atoms with Crippen molar-refractivity contribution in [3.63, 3.8) is 0 Å². The highest BCUT2D eigenvalue weighted by atomic mass is 28.3. The van der Waals surface area contributed by atoms with Crippen molar-refractivity contribution in [3.8, 4) is 22.3 Å². The van der Waals surface area contributed by atoms with Crippen LogP contribution in [0.25, 0.3) is 33.0 Å². The first-order valence-corrected chi connectivity index (χ1v) is 27.7. The Kier molecular flexibility index (Phi) is 10.5. The number of anilines is 6. The minimum atomic E-state index is -3.05. The van der Waals surface area contributed by atoms with Gasteiger partial charge in [0, 0.05) is 34.1 Å². The molecule has 1 aliphatic heterocycles. The second-order valence-electron chi connectivity index (χ2n) is 19.5. The Morgan fingerprint density at radius 3 is 1.53 bits per heavy atom. The van der Waals surface area contributed by atoms with Crippen LogP contribution in [0.5, 0.6) is 0 Å². The van der Waals surface area contributed by atoms with Crippen molar-refractivity contribution in [3.05, 3.63) is 326 Å². The zero-order valence-corrected chi connectivity index (χ0v) is 41.8. The molecule has 14 rings (SSSR count). The number of para-hydroxylation sites is 2. The van der Waals surface area contributed by atoms with Gasteiger partial charge >= 0.3 is 0 Å². The first kappa shape index (κ1) is 43.5. The lowest BCUT2D eigenvalue weighted by Crippen LogP contribution is -2.77. The van der Waals surface area contributed by atoms with Gasteiger partial charge < -0.3 is 9.80 Å². The molecule has 12 aromatic carbocycles. The normalized spacial score (nSPS) is 13.6. The summed E-state index contributed by atoms with van der Waals surface area (Å²) in [5.74, 6) is 0. The minimum absolute atomic E-state index is 0.563. The summed E-state index contributed by atoms with van der Waals surface area (Å²) in [5.41, 5.74) is 16.2. The maximum Gasteiger partial charge on any atom is 0.184 e. The van der Waals surface area contributed by atoms with E-state index in [9.17, 15) is 0 Å². The molecular weight excluding hydrogens is 909 g/mol. The highest BCUT2D eigenvalue weighted by Crippen LogP contribution is 2.57. The molecule has 2 nitrogen and oxygen atoms in total. The largest absolute Gasteiger partial charge is 0.311 e. The number of rotatable bonds is 9. The van der Waals surface area contributed by atoms with Crippen molar-refractivity contribution >= 4 is 73.7 Å². The molecule has 2 aliphatic rings. The van der Waals surface area contributed by atoms with Crippen LogP contribution in [-0.4, -0.2) is 8.07 Å². The highest BCUT2D eigenvalue weighted by molar-refractivity contribution is 7.21. The molecule has 1 aliphatic carbocycles. The van der Waals surface area contributed by atoms with Gasteiger partial charge in [0.15, 0.2) is 8.07 Å². The third kappa shape index (κ3) is 6.64. The number of nitrogens with zero attached hydrogens (tertiary/aromatic N) is 2. The van der Waals surface area contributed by atoms with Crippen LogP contribution in [0.15, 0.2) is 303 Å². The van der Waals surface area contributed by atoms with Gasteiger partial charge in [0.1, 0.15) is 0 Å². The van der Waals surface area contributed by atoms with E-state index in [4.69, 9.17) is 0 Å². The molecular formula is C71H50N2Si. The van der Waals surface area contributed by atoms with E-state index in [0.29, 0.717) is 0 Å². The van der Waals surface area contributed by atoms with Crippen LogP contribution in [0.1, 0.15) is 22.3 Å². The molecule has 3 heteroatoms. The Balaban J connectivity index is 1.06. The molecule has 0 aromatic heterocycles. The average Bonchev–Trinajstić information content (AvgIpc) is 3.78. The maximum atomic E-state index is 2.55. The Hall–Kier alpha value is -9.28. The first-order chi connectivity index (χ1) is 36.7. The summed E-state index contributed by atoms with van der Waals surface area (Å²) in [6.45, 7) is 0. The molecule has 0 saturated heterocycles. The fraction of sp³-hybridized carbons (Fsp3) is 0.0141. The monoisotopic (exact) mass is 958 g/mol. The van der Waals surface area contributed by atoms with E-state index in [2.05, 4.69) is 313 Å². The molecule has 0 amide bonds. The standard InChI is InChI=1S/C71H50N2Si/c1-6-25-53(26-7-1)71(54-27-8-2-9-28-54)65-38-19-18-36-63(65)64-47-45-57(49-66(64)71)72(56-43-41-52(42-44-56)62-37-22-24-51-23-16-17-35-61(51)62)58-46-48-68-70(50-58)74(59-31-12-4-13-32-59,60-33-14-5-15-34-60)69-40-21-20-39-67(69)73(68)55-29-10-3-11-30-55/h1-50H. The molecule has 0 N–H and O–H groups in total. The maximum absolute atomic E-state index is 3.05. The van der Waals surface area contributed by atoms with Gasteiger partial charge in [-0.1, -0.05) is 243 Å². The quantitative estimate of drug-likeness (QED) is 0.133. The second-order valence-corrected chi connectivity index (χ2v) is 23.3. The van der Waals surface area contributed by atoms with Crippen molar-refractivity contribution in [1.82, 2.24) is 0 Å². The van der Waals surface area contributed by atoms with Crippen molar-refractivity contribution in [2.45, 2.75) is 5.41 Å².